The van der Waals surface area contributed by atoms with Crippen LogP contribution in [0.25, 0.3) is 6.08 Å². The number of sulfonamides is 1. The van der Waals surface area contributed by atoms with Gasteiger partial charge in [-0.15, -0.1) is 0 Å². The maximum absolute atomic E-state index is 12.5. The molecule has 0 spiro atoms. The number of rotatable bonds is 5. The molecule has 2 aromatic rings. The lowest BCUT2D eigenvalue weighted by molar-refractivity contribution is 0.266. The average Bonchev–Trinajstić information content (AvgIpc) is 2.72. The van der Waals surface area contributed by atoms with Crippen LogP contribution in [0, 0.1) is 0 Å². The Morgan fingerprint density at radius 3 is 2.19 bits per heavy atom. The van der Waals surface area contributed by atoms with Crippen molar-refractivity contribution < 1.29 is 8.42 Å². The van der Waals surface area contributed by atoms with Crippen molar-refractivity contribution in [1.82, 2.24) is 14.5 Å². The van der Waals surface area contributed by atoms with Gasteiger partial charge in [0.2, 0.25) is 10.0 Å². The lowest BCUT2D eigenvalue weighted by Crippen LogP contribution is -2.52. The van der Waals surface area contributed by atoms with Crippen LogP contribution in [-0.2, 0) is 16.6 Å². The summed E-state index contributed by atoms with van der Waals surface area (Å²) >= 11 is 5.45. The molecule has 0 bridgehead atoms. The molecular weight excluding hydrogens is 378 g/mol. The maximum atomic E-state index is 12.5. The third-order valence-electron chi connectivity index (χ3n) is 4.40. The topological polar surface area (TPSA) is 52.7 Å². The van der Waals surface area contributed by atoms with E-state index in [4.69, 9.17) is 12.2 Å². The highest BCUT2D eigenvalue weighted by Gasteiger charge is 2.25. The zero-order chi connectivity index (χ0) is 19.1. The average molecular weight is 402 g/mol. The molecule has 0 aliphatic carbocycles. The van der Waals surface area contributed by atoms with Crippen molar-refractivity contribution in [2.24, 2.45) is 0 Å². The number of piperazine rings is 1. The lowest BCUT2D eigenvalue weighted by Gasteiger charge is -2.35. The van der Waals surface area contributed by atoms with Crippen LogP contribution in [0.2, 0.25) is 0 Å². The van der Waals surface area contributed by atoms with Gasteiger partial charge in [-0.05, 0) is 29.4 Å². The highest BCUT2D eigenvalue weighted by Crippen LogP contribution is 2.12. The molecule has 5 nitrogen and oxygen atoms in total. The lowest BCUT2D eigenvalue weighted by atomic mass is 10.2. The van der Waals surface area contributed by atoms with Crippen molar-refractivity contribution in [3.8, 4) is 0 Å². The number of nitrogens with one attached hydrogen (secondary N) is 1. The van der Waals surface area contributed by atoms with Crippen molar-refractivity contribution in [3.05, 3.63) is 77.2 Å². The second-order valence-corrected chi connectivity index (χ2v) is 8.49. The van der Waals surface area contributed by atoms with E-state index in [0.29, 0.717) is 37.8 Å². The Labute approximate surface area is 166 Å². The van der Waals surface area contributed by atoms with Gasteiger partial charge in [0.05, 0.1) is 0 Å². The fourth-order valence-corrected chi connectivity index (χ4v) is 4.27. The summed E-state index contributed by atoms with van der Waals surface area (Å²) < 4.78 is 26.5. The van der Waals surface area contributed by atoms with Gasteiger partial charge < -0.3 is 10.2 Å². The number of nitrogens with zero attached hydrogens (tertiary/aromatic N) is 2. The second kappa shape index (κ2) is 9.12. The van der Waals surface area contributed by atoms with Crippen LogP contribution in [0.3, 0.4) is 0 Å². The summed E-state index contributed by atoms with van der Waals surface area (Å²) in [6.07, 6.45) is 1.63. The molecule has 0 aromatic heterocycles. The first-order valence-electron chi connectivity index (χ1n) is 8.84. The van der Waals surface area contributed by atoms with E-state index >= 15 is 0 Å². The van der Waals surface area contributed by atoms with Crippen LogP contribution in [0.15, 0.2) is 66.1 Å². The van der Waals surface area contributed by atoms with Gasteiger partial charge in [0.1, 0.15) is 0 Å². The first-order chi connectivity index (χ1) is 13.0. The van der Waals surface area contributed by atoms with Gasteiger partial charge in [-0.25, -0.2) is 8.42 Å². The van der Waals surface area contributed by atoms with Crippen LogP contribution in [0.1, 0.15) is 11.1 Å². The SMILES string of the molecule is O=S(=O)(/C=C/c1ccccc1)N1CCN(C(=S)NCc2ccccc2)CC1. The molecule has 0 saturated carbocycles. The predicted molar refractivity (Wildman–Crippen MR) is 113 cm³/mol. The Balaban J connectivity index is 1.50. The molecule has 1 heterocycles. The van der Waals surface area contributed by atoms with E-state index in [-0.39, 0.29) is 0 Å². The Kier molecular flexibility index (Phi) is 6.60. The molecule has 1 fully saturated rings. The minimum Gasteiger partial charge on any atom is -0.358 e. The summed E-state index contributed by atoms with van der Waals surface area (Å²) in [5, 5.41) is 5.19. The fraction of sp³-hybridized carbons (Fsp3) is 0.250. The van der Waals surface area contributed by atoms with E-state index in [2.05, 4.69) is 5.32 Å². The third kappa shape index (κ3) is 5.63. The quantitative estimate of drug-likeness (QED) is 0.781. The molecule has 142 valence electrons. The van der Waals surface area contributed by atoms with E-state index < -0.39 is 10.0 Å². The summed E-state index contributed by atoms with van der Waals surface area (Å²) in [6.45, 7) is 2.68. The van der Waals surface area contributed by atoms with Gasteiger partial charge in [-0.3, -0.25) is 0 Å². The van der Waals surface area contributed by atoms with Crippen molar-refractivity contribution >= 4 is 33.4 Å². The van der Waals surface area contributed by atoms with E-state index in [1.807, 2.05) is 65.6 Å². The first-order valence-corrected chi connectivity index (χ1v) is 10.8. The van der Waals surface area contributed by atoms with Gasteiger partial charge in [-0.1, -0.05) is 60.7 Å². The molecule has 3 rings (SSSR count). The molecule has 1 N–H and O–H groups in total. The van der Waals surface area contributed by atoms with Crippen molar-refractivity contribution in [2.45, 2.75) is 6.54 Å². The molecule has 0 unspecified atom stereocenters. The number of hydrogen-bond donors (Lipinski definition) is 1. The van der Waals surface area contributed by atoms with Crippen molar-refractivity contribution in [2.75, 3.05) is 26.2 Å². The predicted octanol–water partition coefficient (Wildman–Crippen LogP) is 2.68. The van der Waals surface area contributed by atoms with Gasteiger partial charge in [-0.2, -0.15) is 4.31 Å². The van der Waals surface area contributed by atoms with Crippen LogP contribution < -0.4 is 5.32 Å². The summed E-state index contributed by atoms with van der Waals surface area (Å²) in [5.74, 6) is 0. The molecule has 0 amide bonds. The highest BCUT2D eigenvalue weighted by molar-refractivity contribution is 7.92. The van der Waals surface area contributed by atoms with Gasteiger partial charge in [0, 0.05) is 38.1 Å². The molecule has 7 heteroatoms. The van der Waals surface area contributed by atoms with Crippen LogP contribution in [-0.4, -0.2) is 48.9 Å². The Hall–Kier alpha value is -2.22. The van der Waals surface area contributed by atoms with Crippen LogP contribution in [0.5, 0.6) is 0 Å². The minimum atomic E-state index is -3.42. The molecule has 2 aromatic carbocycles. The van der Waals surface area contributed by atoms with E-state index in [1.165, 1.54) is 9.71 Å². The van der Waals surface area contributed by atoms with E-state index in [0.717, 1.165) is 11.1 Å². The summed E-state index contributed by atoms with van der Waals surface area (Å²) in [7, 11) is -3.42. The molecule has 1 aliphatic rings. The summed E-state index contributed by atoms with van der Waals surface area (Å²) in [5.41, 5.74) is 2.03. The Bertz CT molecular complexity index is 876. The summed E-state index contributed by atoms with van der Waals surface area (Å²) in [6, 6.07) is 19.5. The van der Waals surface area contributed by atoms with E-state index in [9.17, 15) is 8.42 Å². The number of benzene rings is 2. The van der Waals surface area contributed by atoms with Crippen LogP contribution in [0.4, 0.5) is 0 Å². The Morgan fingerprint density at radius 1 is 0.963 bits per heavy atom. The summed E-state index contributed by atoms with van der Waals surface area (Å²) in [4.78, 5) is 2.02. The Morgan fingerprint density at radius 2 is 1.56 bits per heavy atom. The van der Waals surface area contributed by atoms with Crippen LogP contribution >= 0.6 is 12.2 Å². The zero-order valence-electron chi connectivity index (χ0n) is 15.0. The number of thiocarbonyl (C=S) groups is 1. The maximum Gasteiger partial charge on any atom is 0.236 e. The van der Waals surface area contributed by atoms with Crippen molar-refractivity contribution in [3.63, 3.8) is 0 Å². The van der Waals surface area contributed by atoms with Gasteiger partial charge in [0.25, 0.3) is 0 Å². The normalized spacial score (nSPS) is 15.8. The molecular formula is C20H23N3O2S2. The number of hydrogen-bond acceptors (Lipinski definition) is 3. The molecule has 1 saturated heterocycles. The monoisotopic (exact) mass is 401 g/mol. The smallest absolute Gasteiger partial charge is 0.236 e. The van der Waals surface area contributed by atoms with E-state index in [1.54, 1.807) is 6.08 Å². The highest BCUT2D eigenvalue weighted by atomic mass is 32.2. The fourth-order valence-electron chi connectivity index (χ4n) is 2.85. The molecule has 27 heavy (non-hydrogen) atoms. The standard InChI is InChI=1S/C20H23N3O2S2/c24-27(25,16-11-18-7-3-1-4-8-18)23-14-12-22(13-15-23)20(26)21-17-19-9-5-2-6-10-19/h1-11,16H,12-15,17H2,(H,21,26)/b16-11+. The van der Waals surface area contributed by atoms with Gasteiger partial charge in [0.15, 0.2) is 5.11 Å². The first kappa shape index (κ1) is 19.5. The van der Waals surface area contributed by atoms with Crippen molar-refractivity contribution in [1.29, 1.82) is 0 Å². The minimum absolute atomic E-state index is 0.425. The largest absolute Gasteiger partial charge is 0.358 e. The molecule has 0 radical (unpaired) electrons. The third-order valence-corrected chi connectivity index (χ3v) is 6.37. The van der Waals surface area contributed by atoms with Gasteiger partial charge >= 0.3 is 0 Å². The second-order valence-electron chi connectivity index (χ2n) is 6.29. The zero-order valence-corrected chi connectivity index (χ0v) is 16.6. The molecule has 1 aliphatic heterocycles. The molecule has 0 atom stereocenters.